The summed E-state index contributed by atoms with van der Waals surface area (Å²) in [4.78, 5) is 0. The van der Waals surface area contributed by atoms with Crippen molar-refractivity contribution in [2.75, 3.05) is 0 Å². The van der Waals surface area contributed by atoms with Crippen molar-refractivity contribution < 1.29 is 0 Å². The molecule has 0 amide bonds. The van der Waals surface area contributed by atoms with E-state index in [1.165, 1.54) is 82.0 Å². The standard InChI is InChI=1S/C44H28N2/c1-2-12-32-28-34(25-20-29(32)10-1)46-42-19-8-6-16-38(42)40-27-26-39-37-15-5-7-18-41(37)45(43(39)44(40)46)33-23-21-31(22-24-33)36-17-9-13-30-11-3-4-14-35(30)36/h1-28H. The van der Waals surface area contributed by atoms with Gasteiger partial charge in [-0.2, -0.15) is 0 Å². The van der Waals surface area contributed by atoms with Crippen molar-refractivity contribution >= 4 is 65.2 Å². The van der Waals surface area contributed by atoms with Crippen LogP contribution in [0.3, 0.4) is 0 Å². The number of rotatable bonds is 3. The van der Waals surface area contributed by atoms with Gasteiger partial charge in [0.05, 0.1) is 22.1 Å². The van der Waals surface area contributed by atoms with E-state index >= 15 is 0 Å². The van der Waals surface area contributed by atoms with E-state index in [2.05, 4.69) is 179 Å². The highest BCUT2D eigenvalue weighted by Crippen LogP contribution is 2.42. The van der Waals surface area contributed by atoms with Gasteiger partial charge in [0.1, 0.15) is 0 Å². The van der Waals surface area contributed by atoms with Gasteiger partial charge < -0.3 is 9.13 Å². The maximum Gasteiger partial charge on any atom is 0.0788 e. The third-order valence-electron chi connectivity index (χ3n) is 9.69. The Balaban J connectivity index is 1.30. The summed E-state index contributed by atoms with van der Waals surface area (Å²) in [6.07, 6.45) is 0. The van der Waals surface area contributed by atoms with E-state index in [0.717, 1.165) is 5.69 Å². The molecule has 8 aromatic carbocycles. The topological polar surface area (TPSA) is 9.86 Å². The van der Waals surface area contributed by atoms with E-state index < -0.39 is 0 Å². The monoisotopic (exact) mass is 584 g/mol. The second-order valence-corrected chi connectivity index (χ2v) is 12.2. The first-order valence-corrected chi connectivity index (χ1v) is 15.9. The van der Waals surface area contributed by atoms with E-state index in [4.69, 9.17) is 0 Å². The van der Waals surface area contributed by atoms with Crippen molar-refractivity contribution in [3.63, 3.8) is 0 Å². The summed E-state index contributed by atoms with van der Waals surface area (Å²) in [5.41, 5.74) is 9.66. The zero-order chi connectivity index (χ0) is 30.2. The Morgan fingerprint density at radius 3 is 1.52 bits per heavy atom. The van der Waals surface area contributed by atoms with Crippen LogP contribution in [0.5, 0.6) is 0 Å². The van der Waals surface area contributed by atoms with Gasteiger partial charge >= 0.3 is 0 Å². The van der Waals surface area contributed by atoms with Crippen LogP contribution in [0.1, 0.15) is 0 Å². The average Bonchev–Trinajstić information content (AvgIpc) is 3.64. The minimum Gasteiger partial charge on any atom is -0.307 e. The maximum absolute atomic E-state index is 2.47. The smallest absolute Gasteiger partial charge is 0.0788 e. The molecule has 10 aromatic rings. The van der Waals surface area contributed by atoms with Crippen LogP contribution in [-0.4, -0.2) is 9.13 Å². The van der Waals surface area contributed by atoms with Gasteiger partial charge in [-0.15, -0.1) is 0 Å². The summed E-state index contributed by atoms with van der Waals surface area (Å²) in [6.45, 7) is 0. The number of aromatic nitrogens is 2. The van der Waals surface area contributed by atoms with Crippen LogP contribution in [-0.2, 0) is 0 Å². The van der Waals surface area contributed by atoms with Crippen LogP contribution in [0.15, 0.2) is 170 Å². The normalized spacial score (nSPS) is 11.9. The number of benzene rings is 8. The fraction of sp³-hybridized carbons (Fsp3) is 0. The van der Waals surface area contributed by atoms with Crippen LogP contribution in [0.2, 0.25) is 0 Å². The van der Waals surface area contributed by atoms with Gasteiger partial charge in [0.2, 0.25) is 0 Å². The number of hydrogen-bond acceptors (Lipinski definition) is 0. The Kier molecular flexibility index (Phi) is 5.31. The molecule has 0 aliphatic carbocycles. The van der Waals surface area contributed by atoms with E-state index in [9.17, 15) is 0 Å². The van der Waals surface area contributed by atoms with Crippen molar-refractivity contribution in [3.8, 4) is 22.5 Å². The zero-order valence-electron chi connectivity index (χ0n) is 25.1. The molecule has 10 rings (SSSR count). The lowest BCUT2D eigenvalue weighted by Gasteiger charge is -2.14. The highest BCUT2D eigenvalue weighted by atomic mass is 15.0. The van der Waals surface area contributed by atoms with Crippen LogP contribution in [0.25, 0.3) is 87.7 Å². The van der Waals surface area contributed by atoms with Crippen molar-refractivity contribution in [1.82, 2.24) is 9.13 Å². The molecule has 0 aliphatic heterocycles. The van der Waals surface area contributed by atoms with Crippen molar-refractivity contribution in [1.29, 1.82) is 0 Å². The molecule has 0 N–H and O–H groups in total. The molecule has 46 heavy (non-hydrogen) atoms. The van der Waals surface area contributed by atoms with Crippen molar-refractivity contribution in [3.05, 3.63) is 170 Å². The average molecular weight is 585 g/mol. The van der Waals surface area contributed by atoms with E-state index in [-0.39, 0.29) is 0 Å². The van der Waals surface area contributed by atoms with Gasteiger partial charge in [0.15, 0.2) is 0 Å². The zero-order valence-corrected chi connectivity index (χ0v) is 25.1. The first-order valence-electron chi connectivity index (χ1n) is 15.9. The lowest BCUT2D eigenvalue weighted by molar-refractivity contribution is 1.15. The molecular weight excluding hydrogens is 556 g/mol. The van der Waals surface area contributed by atoms with Crippen LogP contribution in [0.4, 0.5) is 0 Å². The van der Waals surface area contributed by atoms with Gasteiger partial charge in [0.25, 0.3) is 0 Å². The van der Waals surface area contributed by atoms with Gasteiger partial charge in [-0.1, -0.05) is 133 Å². The Hall–Kier alpha value is -6.12. The maximum atomic E-state index is 2.47. The third kappa shape index (κ3) is 3.59. The van der Waals surface area contributed by atoms with Crippen LogP contribution in [0, 0.1) is 0 Å². The second-order valence-electron chi connectivity index (χ2n) is 12.2. The lowest BCUT2D eigenvalue weighted by Crippen LogP contribution is -1.99. The molecule has 0 bridgehead atoms. The summed E-state index contributed by atoms with van der Waals surface area (Å²) in [5, 5.41) is 10.1. The Bertz CT molecular complexity index is 2790. The van der Waals surface area contributed by atoms with Gasteiger partial charge in [-0.3, -0.25) is 0 Å². The fourth-order valence-corrected chi connectivity index (χ4v) is 7.62. The van der Waals surface area contributed by atoms with E-state index in [1.54, 1.807) is 0 Å². The first kappa shape index (κ1) is 25.2. The predicted molar refractivity (Wildman–Crippen MR) is 196 cm³/mol. The summed E-state index contributed by atoms with van der Waals surface area (Å²) in [6, 6.07) is 62.0. The molecule has 0 aliphatic rings. The molecule has 0 unspecified atom stereocenters. The molecular formula is C44H28N2. The van der Waals surface area contributed by atoms with Crippen molar-refractivity contribution in [2.45, 2.75) is 0 Å². The SMILES string of the molecule is c1ccc2cc(-n3c4ccccc4c4ccc5c6ccccc6n(-c6ccc(-c7cccc8ccccc78)cc6)c5c43)ccc2c1. The van der Waals surface area contributed by atoms with Gasteiger partial charge in [0, 0.05) is 32.9 Å². The largest absolute Gasteiger partial charge is 0.307 e. The van der Waals surface area contributed by atoms with Crippen LogP contribution < -0.4 is 0 Å². The van der Waals surface area contributed by atoms with Crippen LogP contribution >= 0.6 is 0 Å². The fourth-order valence-electron chi connectivity index (χ4n) is 7.62. The minimum atomic E-state index is 1.15. The van der Waals surface area contributed by atoms with Crippen molar-refractivity contribution in [2.24, 2.45) is 0 Å². The number of hydrogen-bond donors (Lipinski definition) is 0. The molecule has 2 nitrogen and oxygen atoms in total. The summed E-state index contributed by atoms with van der Waals surface area (Å²) in [7, 11) is 0. The first-order chi connectivity index (χ1) is 22.8. The molecule has 0 fully saturated rings. The Morgan fingerprint density at radius 1 is 0.304 bits per heavy atom. The number of para-hydroxylation sites is 2. The minimum absolute atomic E-state index is 1.15. The highest BCUT2D eigenvalue weighted by molar-refractivity contribution is 6.23. The molecule has 2 aromatic heterocycles. The van der Waals surface area contributed by atoms with Gasteiger partial charge in [-0.05, 0) is 69.1 Å². The third-order valence-corrected chi connectivity index (χ3v) is 9.69. The molecule has 0 radical (unpaired) electrons. The highest BCUT2D eigenvalue weighted by Gasteiger charge is 2.21. The molecule has 0 atom stereocenters. The number of fused-ring (bicyclic) bond motifs is 9. The summed E-state index contributed by atoms with van der Waals surface area (Å²) >= 11 is 0. The van der Waals surface area contributed by atoms with Gasteiger partial charge in [-0.25, -0.2) is 0 Å². The molecule has 214 valence electrons. The number of nitrogens with zero attached hydrogens (tertiary/aromatic N) is 2. The Morgan fingerprint density at radius 2 is 0.826 bits per heavy atom. The second kappa shape index (κ2) is 9.69. The van der Waals surface area contributed by atoms with E-state index in [0.29, 0.717) is 0 Å². The predicted octanol–water partition coefficient (Wildman–Crippen LogP) is 11.9. The molecule has 0 saturated heterocycles. The molecule has 0 saturated carbocycles. The summed E-state index contributed by atoms with van der Waals surface area (Å²) in [5.74, 6) is 0. The lowest BCUT2D eigenvalue weighted by atomic mass is 9.98. The van der Waals surface area contributed by atoms with E-state index in [1.807, 2.05) is 0 Å². The molecule has 0 spiro atoms. The summed E-state index contributed by atoms with van der Waals surface area (Å²) < 4.78 is 4.94. The molecule has 2 heterocycles. The Labute approximate surface area is 266 Å². The quantitative estimate of drug-likeness (QED) is 0.195. The molecule has 2 heteroatoms.